The van der Waals surface area contributed by atoms with Gasteiger partial charge in [0.1, 0.15) is 0 Å². The van der Waals surface area contributed by atoms with E-state index in [0.29, 0.717) is 0 Å². The minimum atomic E-state index is -0.304. The maximum absolute atomic E-state index is 4.78. The Morgan fingerprint density at radius 2 is 1.29 bits per heavy atom. The zero-order valence-corrected chi connectivity index (χ0v) is 21.4. The van der Waals surface area contributed by atoms with Gasteiger partial charge in [-0.3, -0.25) is 9.97 Å². The van der Waals surface area contributed by atoms with Crippen LogP contribution in [0.25, 0.3) is 33.6 Å². The largest absolute Gasteiger partial charge is 0.256 e. The highest BCUT2D eigenvalue weighted by Crippen LogP contribution is 2.47. The van der Waals surface area contributed by atoms with Gasteiger partial charge in [0.05, 0.1) is 14.8 Å². The Morgan fingerprint density at radius 1 is 0.588 bits per heavy atom. The van der Waals surface area contributed by atoms with Crippen LogP contribution in [0.2, 0.25) is 0 Å². The number of nitrogens with zero attached hydrogens (tertiary/aromatic N) is 2. The summed E-state index contributed by atoms with van der Waals surface area (Å²) in [5.74, 6) is 0. The molecule has 3 heteroatoms. The SMILES string of the molecule is Cc1ccnc(-c2cc(-c3ccccc3)ccc2C(C)(I)c2ccccc2-c2ccccn2)c1. The Labute approximate surface area is 214 Å². The molecule has 0 saturated heterocycles. The topological polar surface area (TPSA) is 25.8 Å². The van der Waals surface area contributed by atoms with E-state index in [4.69, 9.17) is 4.98 Å². The van der Waals surface area contributed by atoms with Crippen LogP contribution in [0.1, 0.15) is 23.6 Å². The van der Waals surface area contributed by atoms with Crippen molar-refractivity contribution in [2.75, 3.05) is 0 Å². The first kappa shape index (κ1) is 22.5. The molecule has 0 N–H and O–H groups in total. The lowest BCUT2D eigenvalue weighted by Gasteiger charge is -2.29. The van der Waals surface area contributed by atoms with Gasteiger partial charge < -0.3 is 0 Å². The highest BCUT2D eigenvalue weighted by molar-refractivity contribution is 14.1. The summed E-state index contributed by atoms with van der Waals surface area (Å²) in [6.07, 6.45) is 3.75. The molecule has 34 heavy (non-hydrogen) atoms. The van der Waals surface area contributed by atoms with Crippen molar-refractivity contribution in [3.63, 3.8) is 0 Å². The predicted octanol–water partition coefficient (Wildman–Crippen LogP) is 8.48. The second-order valence-corrected chi connectivity index (χ2v) is 10.8. The summed E-state index contributed by atoms with van der Waals surface area (Å²) in [5, 5.41) is 0. The molecule has 5 rings (SSSR count). The molecule has 0 radical (unpaired) electrons. The first-order chi connectivity index (χ1) is 16.5. The first-order valence-electron chi connectivity index (χ1n) is 11.4. The van der Waals surface area contributed by atoms with Gasteiger partial charge in [0.2, 0.25) is 0 Å². The van der Waals surface area contributed by atoms with Crippen molar-refractivity contribution >= 4 is 22.6 Å². The van der Waals surface area contributed by atoms with Crippen LogP contribution in [0, 0.1) is 6.92 Å². The number of rotatable bonds is 5. The lowest BCUT2D eigenvalue weighted by molar-refractivity contribution is 0.885. The molecule has 0 aliphatic carbocycles. The average molecular weight is 552 g/mol. The molecule has 2 aromatic heterocycles. The maximum atomic E-state index is 4.78. The van der Waals surface area contributed by atoms with Crippen molar-refractivity contribution < 1.29 is 0 Å². The third kappa shape index (κ3) is 4.40. The first-order valence-corrected chi connectivity index (χ1v) is 12.4. The van der Waals surface area contributed by atoms with E-state index < -0.39 is 0 Å². The second-order valence-electron chi connectivity index (χ2n) is 8.61. The fourth-order valence-electron chi connectivity index (χ4n) is 4.44. The number of pyridine rings is 2. The van der Waals surface area contributed by atoms with Crippen molar-refractivity contribution in [2.45, 2.75) is 17.3 Å². The van der Waals surface area contributed by atoms with Gasteiger partial charge in [-0.2, -0.15) is 0 Å². The number of benzene rings is 3. The summed E-state index contributed by atoms with van der Waals surface area (Å²) in [4.78, 5) is 9.42. The fourth-order valence-corrected chi connectivity index (χ4v) is 5.38. The van der Waals surface area contributed by atoms with Crippen LogP contribution in [0.3, 0.4) is 0 Å². The van der Waals surface area contributed by atoms with Gasteiger partial charge in [-0.1, -0.05) is 95.4 Å². The lowest BCUT2D eigenvalue weighted by Crippen LogP contribution is -2.18. The summed E-state index contributed by atoms with van der Waals surface area (Å²) in [7, 11) is 0. The molecule has 2 nitrogen and oxygen atoms in total. The van der Waals surface area contributed by atoms with Gasteiger partial charge in [0.15, 0.2) is 0 Å². The zero-order valence-electron chi connectivity index (χ0n) is 19.2. The number of hydrogen-bond acceptors (Lipinski definition) is 2. The summed E-state index contributed by atoms with van der Waals surface area (Å²) >= 11 is 2.59. The molecule has 1 atom stereocenters. The average Bonchev–Trinajstić information content (AvgIpc) is 2.89. The number of hydrogen-bond donors (Lipinski definition) is 0. The van der Waals surface area contributed by atoms with Crippen molar-refractivity contribution in [2.24, 2.45) is 0 Å². The van der Waals surface area contributed by atoms with Gasteiger partial charge >= 0.3 is 0 Å². The van der Waals surface area contributed by atoms with Crippen molar-refractivity contribution in [1.29, 1.82) is 0 Å². The van der Waals surface area contributed by atoms with Gasteiger partial charge in [-0.25, -0.2) is 0 Å². The highest BCUT2D eigenvalue weighted by Gasteiger charge is 2.31. The monoisotopic (exact) mass is 552 g/mol. The number of halogens is 1. The highest BCUT2D eigenvalue weighted by atomic mass is 127. The van der Waals surface area contributed by atoms with Crippen molar-refractivity contribution in [3.05, 3.63) is 132 Å². The number of aromatic nitrogens is 2. The number of alkyl halides is 1. The molecule has 0 aliphatic heterocycles. The van der Waals surface area contributed by atoms with Crippen LogP contribution >= 0.6 is 22.6 Å². The van der Waals surface area contributed by atoms with Crippen LogP contribution in [-0.4, -0.2) is 9.97 Å². The maximum Gasteiger partial charge on any atom is 0.0708 e. The van der Waals surface area contributed by atoms with Crippen LogP contribution in [-0.2, 0) is 3.42 Å². The Kier molecular flexibility index (Phi) is 6.29. The third-order valence-corrected chi connectivity index (χ3v) is 7.36. The van der Waals surface area contributed by atoms with Gasteiger partial charge in [-0.05, 0) is 72.0 Å². The molecule has 0 amide bonds. The van der Waals surface area contributed by atoms with Gasteiger partial charge in [0.25, 0.3) is 0 Å². The molecule has 0 fully saturated rings. The van der Waals surface area contributed by atoms with E-state index in [2.05, 4.69) is 126 Å². The van der Waals surface area contributed by atoms with Gasteiger partial charge in [0, 0.05) is 23.5 Å². The van der Waals surface area contributed by atoms with E-state index in [9.17, 15) is 0 Å². The standard InChI is InChI=1S/C31H25IN2/c1-22-17-19-34-30(20-22)26-21-24(23-10-4-3-5-11-23)15-16-28(26)31(2,32)27-13-7-6-12-25(27)29-14-8-9-18-33-29/h3-21H,1-2H3. The summed E-state index contributed by atoms with van der Waals surface area (Å²) in [6, 6.07) is 36.2. The fraction of sp³-hybridized carbons (Fsp3) is 0.0968. The molecule has 1 unspecified atom stereocenters. The molecular weight excluding hydrogens is 527 g/mol. The second kappa shape index (κ2) is 9.51. The van der Waals surface area contributed by atoms with Crippen LogP contribution in [0.5, 0.6) is 0 Å². The van der Waals surface area contributed by atoms with E-state index in [-0.39, 0.29) is 3.42 Å². The van der Waals surface area contributed by atoms with Crippen LogP contribution in [0.4, 0.5) is 0 Å². The molecule has 2 heterocycles. The molecule has 0 spiro atoms. The quantitative estimate of drug-likeness (QED) is 0.161. The van der Waals surface area contributed by atoms with Crippen molar-refractivity contribution in [1.82, 2.24) is 9.97 Å². The van der Waals surface area contributed by atoms with Crippen molar-refractivity contribution in [3.8, 4) is 33.6 Å². The predicted molar refractivity (Wildman–Crippen MR) is 150 cm³/mol. The molecule has 166 valence electrons. The molecule has 0 bridgehead atoms. The Hall–Kier alpha value is -3.31. The lowest BCUT2D eigenvalue weighted by atomic mass is 9.84. The number of aryl methyl sites for hydroxylation is 1. The minimum Gasteiger partial charge on any atom is -0.256 e. The molecule has 3 aromatic carbocycles. The third-order valence-electron chi connectivity index (χ3n) is 6.20. The minimum absolute atomic E-state index is 0.304. The van der Waals surface area contributed by atoms with E-state index in [0.717, 1.165) is 22.5 Å². The Morgan fingerprint density at radius 3 is 2.06 bits per heavy atom. The summed E-state index contributed by atoms with van der Waals surface area (Å²) < 4.78 is -0.304. The smallest absolute Gasteiger partial charge is 0.0708 e. The van der Waals surface area contributed by atoms with E-state index in [1.807, 2.05) is 30.6 Å². The summed E-state index contributed by atoms with van der Waals surface area (Å²) in [5.41, 5.74) is 10.3. The molecule has 0 saturated carbocycles. The van der Waals surface area contributed by atoms with E-state index in [1.54, 1.807) is 0 Å². The molecule has 5 aromatic rings. The zero-order chi connectivity index (χ0) is 23.5. The van der Waals surface area contributed by atoms with Gasteiger partial charge in [-0.15, -0.1) is 0 Å². The van der Waals surface area contributed by atoms with Crippen LogP contribution < -0.4 is 0 Å². The molecular formula is C31H25IN2. The summed E-state index contributed by atoms with van der Waals surface area (Å²) in [6.45, 7) is 4.40. The molecule has 0 aliphatic rings. The van der Waals surface area contributed by atoms with E-state index >= 15 is 0 Å². The normalized spacial score (nSPS) is 12.8. The van der Waals surface area contributed by atoms with Crippen LogP contribution in [0.15, 0.2) is 116 Å². The Bertz CT molecular complexity index is 1430. The Balaban J connectivity index is 1.73. The van der Waals surface area contributed by atoms with E-state index in [1.165, 1.54) is 27.8 Å².